The number of likely N-dealkylation sites (tertiary alicyclic amines) is 1. The molecule has 0 spiro atoms. The molecule has 1 aromatic heterocycles. The molecular formula is C23H26N4O3. The molecule has 0 aliphatic carbocycles. The van der Waals surface area contributed by atoms with Crippen LogP contribution in [0.5, 0.6) is 0 Å². The Morgan fingerprint density at radius 1 is 1.20 bits per heavy atom. The van der Waals surface area contributed by atoms with Crippen LogP contribution in [0, 0.1) is 12.8 Å². The zero-order valence-corrected chi connectivity index (χ0v) is 17.3. The van der Waals surface area contributed by atoms with E-state index in [4.69, 9.17) is 4.74 Å². The normalized spacial score (nSPS) is 15.3. The first-order valence-electron chi connectivity index (χ1n) is 10.2. The van der Waals surface area contributed by atoms with E-state index in [-0.39, 0.29) is 11.8 Å². The van der Waals surface area contributed by atoms with Crippen LogP contribution in [0.3, 0.4) is 0 Å². The number of ether oxygens (including phenoxy) is 1. The second-order valence-corrected chi connectivity index (χ2v) is 7.78. The van der Waals surface area contributed by atoms with E-state index in [1.807, 2.05) is 6.07 Å². The van der Waals surface area contributed by atoms with Gasteiger partial charge >= 0.3 is 5.97 Å². The zero-order chi connectivity index (χ0) is 21.1. The number of anilines is 1. The van der Waals surface area contributed by atoms with E-state index in [9.17, 15) is 9.59 Å². The smallest absolute Gasteiger partial charge is 0.339 e. The number of hydrogen-bond donors (Lipinski definition) is 2. The molecule has 156 valence electrons. The second-order valence-electron chi connectivity index (χ2n) is 7.78. The molecule has 7 nitrogen and oxygen atoms in total. The van der Waals surface area contributed by atoms with Crippen LogP contribution >= 0.6 is 0 Å². The lowest BCUT2D eigenvalue weighted by Gasteiger charge is -2.30. The molecule has 0 unspecified atom stereocenters. The molecular weight excluding hydrogens is 380 g/mol. The van der Waals surface area contributed by atoms with Gasteiger partial charge < -0.3 is 15.0 Å². The van der Waals surface area contributed by atoms with Gasteiger partial charge in [-0.3, -0.25) is 9.69 Å². The number of carbonyl (C=O) groups excluding carboxylic acids is 2. The molecule has 1 aliphatic heterocycles. The number of aromatic nitrogens is 2. The fourth-order valence-electron chi connectivity index (χ4n) is 3.93. The average molecular weight is 406 g/mol. The zero-order valence-electron chi connectivity index (χ0n) is 17.3. The summed E-state index contributed by atoms with van der Waals surface area (Å²) in [5.41, 5.74) is 4.11. The van der Waals surface area contributed by atoms with Crippen molar-refractivity contribution in [3.8, 4) is 0 Å². The number of piperidine rings is 1. The van der Waals surface area contributed by atoms with Crippen molar-refractivity contribution in [2.24, 2.45) is 5.92 Å². The third-order valence-electron chi connectivity index (χ3n) is 5.61. The van der Waals surface area contributed by atoms with Crippen molar-refractivity contribution < 1.29 is 14.3 Å². The Kier molecular flexibility index (Phi) is 5.81. The van der Waals surface area contributed by atoms with Gasteiger partial charge in [-0.1, -0.05) is 18.2 Å². The highest BCUT2D eigenvalue weighted by atomic mass is 16.5. The molecule has 0 atom stereocenters. The Labute approximate surface area is 175 Å². The summed E-state index contributed by atoms with van der Waals surface area (Å²) in [6.07, 6.45) is 1.54. The highest BCUT2D eigenvalue weighted by molar-refractivity contribution is 6.01. The molecule has 7 heteroatoms. The molecule has 0 bridgehead atoms. The number of fused-ring (bicyclic) bond motifs is 1. The lowest BCUT2D eigenvalue weighted by molar-refractivity contribution is -0.121. The first-order chi connectivity index (χ1) is 14.5. The maximum absolute atomic E-state index is 12.7. The van der Waals surface area contributed by atoms with Gasteiger partial charge in [0.05, 0.1) is 35.9 Å². The number of carbonyl (C=O) groups is 2. The number of rotatable bonds is 5. The van der Waals surface area contributed by atoms with Crippen LogP contribution in [0.1, 0.15) is 34.6 Å². The first-order valence-corrected chi connectivity index (χ1v) is 10.2. The van der Waals surface area contributed by atoms with E-state index in [0.29, 0.717) is 11.3 Å². The maximum atomic E-state index is 12.7. The van der Waals surface area contributed by atoms with Crippen LogP contribution in [0.25, 0.3) is 11.0 Å². The molecule has 4 rings (SSSR count). The number of H-pyrrole nitrogens is 1. The Morgan fingerprint density at radius 3 is 2.73 bits per heavy atom. The number of hydrogen-bond acceptors (Lipinski definition) is 5. The van der Waals surface area contributed by atoms with Crippen LogP contribution in [0.4, 0.5) is 5.69 Å². The minimum absolute atomic E-state index is 0.0507. The summed E-state index contributed by atoms with van der Waals surface area (Å²) in [5, 5.41) is 2.91. The average Bonchev–Trinajstić information content (AvgIpc) is 3.15. The lowest BCUT2D eigenvalue weighted by Crippen LogP contribution is -2.38. The Hall–Kier alpha value is -3.19. The molecule has 1 fully saturated rings. The van der Waals surface area contributed by atoms with Crippen LogP contribution in [-0.2, 0) is 16.1 Å². The van der Waals surface area contributed by atoms with Gasteiger partial charge in [0, 0.05) is 5.92 Å². The minimum Gasteiger partial charge on any atom is -0.465 e. The van der Waals surface area contributed by atoms with Crippen LogP contribution in [0.15, 0.2) is 42.5 Å². The maximum Gasteiger partial charge on any atom is 0.339 e. The van der Waals surface area contributed by atoms with E-state index in [2.05, 4.69) is 39.2 Å². The highest BCUT2D eigenvalue weighted by Crippen LogP contribution is 2.23. The van der Waals surface area contributed by atoms with E-state index in [1.54, 1.807) is 24.3 Å². The molecule has 30 heavy (non-hydrogen) atoms. The van der Waals surface area contributed by atoms with Crippen molar-refractivity contribution in [3.05, 3.63) is 59.4 Å². The second kappa shape index (κ2) is 8.67. The van der Waals surface area contributed by atoms with Gasteiger partial charge in [-0.25, -0.2) is 9.78 Å². The molecule has 1 amide bonds. The predicted molar refractivity (Wildman–Crippen MR) is 115 cm³/mol. The summed E-state index contributed by atoms with van der Waals surface area (Å²) in [5.74, 6) is 0.364. The van der Waals surface area contributed by atoms with E-state index in [1.165, 1.54) is 12.7 Å². The number of imidazole rings is 1. The number of amides is 1. The van der Waals surface area contributed by atoms with Crippen molar-refractivity contribution in [3.63, 3.8) is 0 Å². The van der Waals surface area contributed by atoms with Crippen molar-refractivity contribution in [1.29, 1.82) is 0 Å². The monoisotopic (exact) mass is 406 g/mol. The summed E-state index contributed by atoms with van der Waals surface area (Å²) >= 11 is 0. The Morgan fingerprint density at radius 2 is 1.97 bits per heavy atom. The Bertz CT molecular complexity index is 1070. The van der Waals surface area contributed by atoms with Crippen molar-refractivity contribution >= 4 is 28.6 Å². The summed E-state index contributed by atoms with van der Waals surface area (Å²) in [6, 6.07) is 13.1. The standard InChI is InChI=1S/C23H26N4O3/c1-15-7-8-19-20(13-15)25-21(24-19)14-27-11-9-16(10-12-27)22(28)26-18-6-4-3-5-17(18)23(29)30-2/h3-8,13,16H,9-12,14H2,1-2H3,(H,24,25)(H,26,28). The molecule has 1 saturated heterocycles. The first kappa shape index (κ1) is 20.1. The van der Waals surface area contributed by atoms with Gasteiger partial charge in [0.15, 0.2) is 0 Å². The lowest BCUT2D eigenvalue weighted by atomic mass is 9.95. The number of benzene rings is 2. The number of nitrogens with one attached hydrogen (secondary N) is 2. The highest BCUT2D eigenvalue weighted by Gasteiger charge is 2.26. The summed E-state index contributed by atoms with van der Waals surface area (Å²) in [4.78, 5) is 35.0. The number of esters is 1. The van der Waals surface area contributed by atoms with Crippen molar-refractivity contribution in [2.45, 2.75) is 26.3 Å². The quantitative estimate of drug-likeness (QED) is 0.633. The predicted octanol–water partition coefficient (Wildman–Crippen LogP) is 3.51. The summed E-state index contributed by atoms with van der Waals surface area (Å²) < 4.78 is 4.80. The van der Waals surface area contributed by atoms with E-state index in [0.717, 1.165) is 49.3 Å². The number of para-hydroxylation sites is 1. The van der Waals surface area contributed by atoms with Crippen LogP contribution in [-0.4, -0.2) is 46.9 Å². The number of methoxy groups -OCH3 is 1. The number of nitrogens with zero attached hydrogens (tertiary/aromatic N) is 2. The summed E-state index contributed by atoms with van der Waals surface area (Å²) in [6.45, 7) is 4.46. The molecule has 1 aliphatic rings. The topological polar surface area (TPSA) is 87.3 Å². The molecule has 2 aromatic carbocycles. The van der Waals surface area contributed by atoms with Gasteiger partial charge in [-0.15, -0.1) is 0 Å². The molecule has 2 N–H and O–H groups in total. The van der Waals surface area contributed by atoms with Crippen molar-refractivity contribution in [2.75, 3.05) is 25.5 Å². The third-order valence-corrected chi connectivity index (χ3v) is 5.61. The fourth-order valence-corrected chi connectivity index (χ4v) is 3.93. The minimum atomic E-state index is -0.457. The largest absolute Gasteiger partial charge is 0.465 e. The van der Waals surface area contributed by atoms with E-state index < -0.39 is 5.97 Å². The Balaban J connectivity index is 1.34. The van der Waals surface area contributed by atoms with Gasteiger partial charge in [0.25, 0.3) is 0 Å². The van der Waals surface area contributed by atoms with Gasteiger partial charge in [-0.2, -0.15) is 0 Å². The van der Waals surface area contributed by atoms with Crippen molar-refractivity contribution in [1.82, 2.24) is 14.9 Å². The molecule has 0 saturated carbocycles. The van der Waals surface area contributed by atoms with Crippen LogP contribution in [0.2, 0.25) is 0 Å². The van der Waals surface area contributed by atoms with E-state index >= 15 is 0 Å². The molecule has 2 heterocycles. The molecule has 0 radical (unpaired) electrons. The SMILES string of the molecule is COC(=O)c1ccccc1NC(=O)C1CCN(Cc2nc3ccc(C)cc3[nH]2)CC1. The number of aryl methyl sites for hydroxylation is 1. The third kappa shape index (κ3) is 4.36. The fraction of sp³-hybridized carbons (Fsp3) is 0.348. The van der Waals surface area contributed by atoms with Gasteiger partial charge in [0.2, 0.25) is 5.91 Å². The van der Waals surface area contributed by atoms with Gasteiger partial charge in [0.1, 0.15) is 5.82 Å². The van der Waals surface area contributed by atoms with Crippen LogP contribution < -0.4 is 5.32 Å². The molecule has 3 aromatic rings. The number of aromatic amines is 1. The van der Waals surface area contributed by atoms with Gasteiger partial charge in [-0.05, 0) is 62.7 Å². The summed E-state index contributed by atoms with van der Waals surface area (Å²) in [7, 11) is 1.33.